The number of aliphatic hydroxyl groups is 1. The normalized spacial score (nSPS) is 13.2. The number of sulfonamides is 1. The Kier molecular flexibility index (Phi) is 5.83. The minimum Gasteiger partial charge on any atom is -0.394 e. The van der Waals surface area contributed by atoms with Crippen molar-refractivity contribution >= 4 is 26.6 Å². The van der Waals surface area contributed by atoms with Crippen LogP contribution in [0.25, 0.3) is 10.9 Å². The van der Waals surface area contributed by atoms with Gasteiger partial charge in [-0.2, -0.15) is 17.8 Å². The Bertz CT molecular complexity index is 1330. The highest BCUT2D eigenvalue weighted by Crippen LogP contribution is 2.37. The van der Waals surface area contributed by atoms with Crippen LogP contribution in [-0.4, -0.2) is 36.0 Å². The first-order valence-electron chi connectivity index (χ1n) is 8.71. The summed E-state index contributed by atoms with van der Waals surface area (Å²) in [7, 11) is -4.03. The maximum Gasteiger partial charge on any atom is 0.418 e. The number of nitrogens with zero attached hydrogens (tertiary/aromatic N) is 1. The number of H-pyrrole nitrogens is 1. The number of anilines is 1. The number of alkyl halides is 3. The van der Waals surface area contributed by atoms with E-state index in [9.17, 15) is 36.3 Å². The molecule has 3 aromatic rings. The van der Waals surface area contributed by atoms with Crippen LogP contribution >= 0.6 is 0 Å². The standard InChI is InChI=1S/C18H17F3N4O5S/c1-31(29,30)24-25-16(27)11-7-14(22-15(9-26)10-5-3-2-4-6-10)12(18(19,20)21)8-13(11)23-17(25)28/h2-8,15,22,24,26H,9H2,1H3,(H,23,28). The molecular formula is C18H17F3N4O5S. The first-order chi connectivity index (χ1) is 14.4. The Hall–Kier alpha value is -3.32. The number of nitrogens with one attached hydrogen (secondary N) is 3. The molecule has 0 saturated carbocycles. The molecule has 4 N–H and O–H groups in total. The molecule has 1 aromatic heterocycles. The van der Waals surface area contributed by atoms with E-state index >= 15 is 0 Å². The Morgan fingerprint density at radius 3 is 2.35 bits per heavy atom. The van der Waals surface area contributed by atoms with Crippen molar-refractivity contribution in [1.82, 2.24) is 9.66 Å². The molecule has 1 unspecified atom stereocenters. The van der Waals surface area contributed by atoms with E-state index in [1.807, 2.05) is 0 Å². The smallest absolute Gasteiger partial charge is 0.394 e. The summed E-state index contributed by atoms with van der Waals surface area (Å²) in [4.78, 5) is 28.4. The molecular weight excluding hydrogens is 441 g/mol. The van der Waals surface area contributed by atoms with Gasteiger partial charge in [-0.25, -0.2) is 18.0 Å². The van der Waals surface area contributed by atoms with Gasteiger partial charge in [0, 0.05) is 5.69 Å². The van der Waals surface area contributed by atoms with Crippen LogP contribution in [-0.2, 0) is 16.2 Å². The Labute approximate surface area is 173 Å². The van der Waals surface area contributed by atoms with E-state index in [0.29, 0.717) is 17.9 Å². The highest BCUT2D eigenvalue weighted by atomic mass is 32.2. The van der Waals surface area contributed by atoms with Crippen molar-refractivity contribution in [3.05, 3.63) is 74.4 Å². The van der Waals surface area contributed by atoms with E-state index < -0.39 is 56.9 Å². The highest BCUT2D eigenvalue weighted by molar-refractivity contribution is 7.91. The summed E-state index contributed by atoms with van der Waals surface area (Å²) >= 11 is 0. The van der Waals surface area contributed by atoms with Crippen LogP contribution in [0.3, 0.4) is 0 Å². The molecule has 166 valence electrons. The molecule has 31 heavy (non-hydrogen) atoms. The summed E-state index contributed by atoms with van der Waals surface area (Å²) in [6.07, 6.45) is -4.15. The topological polar surface area (TPSA) is 133 Å². The third kappa shape index (κ3) is 4.88. The Morgan fingerprint density at radius 2 is 1.81 bits per heavy atom. The Morgan fingerprint density at radius 1 is 1.16 bits per heavy atom. The zero-order chi connectivity index (χ0) is 23.0. The van der Waals surface area contributed by atoms with E-state index in [1.54, 1.807) is 35.2 Å². The SMILES string of the molecule is CS(=O)(=O)Nn1c(=O)[nH]c2cc(C(F)(F)F)c(NC(CO)c3ccccc3)cc2c1=O. The van der Waals surface area contributed by atoms with Gasteiger partial charge in [-0.1, -0.05) is 30.3 Å². The monoisotopic (exact) mass is 458 g/mol. The fourth-order valence-electron chi connectivity index (χ4n) is 2.97. The molecule has 0 aliphatic rings. The highest BCUT2D eigenvalue weighted by Gasteiger charge is 2.35. The molecule has 0 fully saturated rings. The van der Waals surface area contributed by atoms with E-state index in [4.69, 9.17) is 0 Å². The van der Waals surface area contributed by atoms with Gasteiger partial charge in [0.2, 0.25) is 10.0 Å². The second-order valence-electron chi connectivity index (χ2n) is 6.67. The van der Waals surface area contributed by atoms with Gasteiger partial charge < -0.3 is 15.4 Å². The van der Waals surface area contributed by atoms with Gasteiger partial charge in [0.15, 0.2) is 0 Å². The Balaban J connectivity index is 2.23. The molecule has 0 aliphatic heterocycles. The molecule has 0 saturated heterocycles. The molecule has 3 rings (SSSR count). The number of benzene rings is 2. The maximum absolute atomic E-state index is 13.7. The van der Waals surface area contributed by atoms with E-state index in [-0.39, 0.29) is 10.1 Å². The summed E-state index contributed by atoms with van der Waals surface area (Å²) in [5.41, 5.74) is -4.07. The van der Waals surface area contributed by atoms with Crippen molar-refractivity contribution in [2.24, 2.45) is 0 Å². The van der Waals surface area contributed by atoms with Crippen LogP contribution in [0.4, 0.5) is 18.9 Å². The molecule has 2 aromatic carbocycles. The lowest BCUT2D eigenvalue weighted by molar-refractivity contribution is -0.136. The number of fused-ring (bicyclic) bond motifs is 1. The lowest BCUT2D eigenvalue weighted by Crippen LogP contribution is -2.43. The van der Waals surface area contributed by atoms with Crippen LogP contribution in [0.15, 0.2) is 52.1 Å². The second-order valence-corrected chi connectivity index (χ2v) is 8.39. The van der Waals surface area contributed by atoms with Gasteiger partial charge >= 0.3 is 11.9 Å². The molecule has 0 spiro atoms. The first-order valence-corrected chi connectivity index (χ1v) is 10.6. The van der Waals surface area contributed by atoms with Gasteiger partial charge in [0.25, 0.3) is 5.56 Å². The molecule has 0 aliphatic carbocycles. The maximum atomic E-state index is 13.7. The fourth-order valence-corrected chi connectivity index (χ4v) is 3.47. The zero-order valence-corrected chi connectivity index (χ0v) is 16.7. The summed E-state index contributed by atoms with van der Waals surface area (Å²) in [5, 5.41) is 11.9. The number of aliphatic hydroxyl groups excluding tert-OH is 1. The predicted octanol–water partition coefficient (Wildman–Crippen LogP) is 1.36. The summed E-state index contributed by atoms with van der Waals surface area (Å²) < 4.78 is 64.0. The van der Waals surface area contributed by atoms with Crippen LogP contribution in [0, 0.1) is 0 Å². The minimum absolute atomic E-state index is 0.148. The van der Waals surface area contributed by atoms with Crippen LogP contribution in [0.2, 0.25) is 0 Å². The van der Waals surface area contributed by atoms with E-state index in [1.165, 1.54) is 0 Å². The van der Waals surface area contributed by atoms with Gasteiger partial charge in [-0.3, -0.25) is 4.79 Å². The third-order valence-corrected chi connectivity index (χ3v) is 4.83. The van der Waals surface area contributed by atoms with Crippen molar-refractivity contribution in [3.63, 3.8) is 0 Å². The largest absolute Gasteiger partial charge is 0.418 e. The summed E-state index contributed by atoms with van der Waals surface area (Å²) in [5.74, 6) is 0. The molecule has 1 atom stereocenters. The predicted molar refractivity (Wildman–Crippen MR) is 108 cm³/mol. The molecule has 0 radical (unpaired) electrons. The second kappa shape index (κ2) is 8.07. The average molecular weight is 458 g/mol. The number of rotatable bonds is 6. The van der Waals surface area contributed by atoms with Crippen molar-refractivity contribution < 1.29 is 26.7 Å². The van der Waals surface area contributed by atoms with Crippen LogP contribution in [0.5, 0.6) is 0 Å². The van der Waals surface area contributed by atoms with Crippen molar-refractivity contribution in [1.29, 1.82) is 0 Å². The van der Waals surface area contributed by atoms with Gasteiger partial charge in [-0.05, 0) is 17.7 Å². The van der Waals surface area contributed by atoms with Gasteiger partial charge in [0.1, 0.15) is 0 Å². The third-order valence-electron chi connectivity index (χ3n) is 4.31. The number of hydrogen-bond acceptors (Lipinski definition) is 6. The number of aromatic amines is 1. The minimum atomic E-state index is -4.86. The van der Waals surface area contributed by atoms with E-state index in [0.717, 1.165) is 6.07 Å². The number of hydrogen-bond donors (Lipinski definition) is 4. The number of halogens is 3. The molecule has 9 nitrogen and oxygen atoms in total. The number of aromatic nitrogens is 2. The molecule has 0 amide bonds. The van der Waals surface area contributed by atoms with Gasteiger partial charge in [0.05, 0.1) is 35.4 Å². The van der Waals surface area contributed by atoms with Gasteiger partial charge in [-0.15, -0.1) is 0 Å². The first kappa shape index (κ1) is 22.4. The van der Waals surface area contributed by atoms with E-state index in [2.05, 4.69) is 10.3 Å². The molecule has 1 heterocycles. The lowest BCUT2D eigenvalue weighted by Gasteiger charge is -2.22. The molecule has 13 heteroatoms. The zero-order valence-electron chi connectivity index (χ0n) is 15.9. The van der Waals surface area contributed by atoms with Crippen molar-refractivity contribution in [2.45, 2.75) is 12.2 Å². The van der Waals surface area contributed by atoms with Crippen molar-refractivity contribution in [3.8, 4) is 0 Å². The van der Waals surface area contributed by atoms with Crippen molar-refractivity contribution in [2.75, 3.05) is 23.0 Å². The summed E-state index contributed by atoms with van der Waals surface area (Å²) in [6.45, 7) is -0.551. The van der Waals surface area contributed by atoms with Crippen LogP contribution < -0.4 is 21.4 Å². The lowest BCUT2D eigenvalue weighted by atomic mass is 10.0. The average Bonchev–Trinajstić information content (AvgIpc) is 2.68. The fraction of sp³-hybridized carbons (Fsp3) is 0.222. The van der Waals surface area contributed by atoms with Crippen LogP contribution in [0.1, 0.15) is 17.2 Å². The molecule has 0 bridgehead atoms. The summed E-state index contributed by atoms with van der Waals surface area (Å²) in [6, 6.07) is 8.68. The quantitative estimate of drug-likeness (QED) is 0.441.